The number of nitrogens with one attached hydrogen (secondary N) is 1. The van der Waals surface area contributed by atoms with Crippen molar-refractivity contribution in [1.29, 1.82) is 0 Å². The van der Waals surface area contributed by atoms with E-state index >= 15 is 0 Å². The van der Waals surface area contributed by atoms with Crippen molar-refractivity contribution >= 4 is 11.7 Å². The number of nitrogens with zero attached hydrogens (tertiary/aromatic N) is 4. The molecule has 7 heteroatoms. The third-order valence-corrected chi connectivity index (χ3v) is 3.56. The lowest BCUT2D eigenvalue weighted by Crippen LogP contribution is -2.21. The number of pyridine rings is 1. The molecule has 2 heterocycles. The van der Waals surface area contributed by atoms with Crippen LogP contribution < -0.4 is 10.1 Å². The highest BCUT2D eigenvalue weighted by Crippen LogP contribution is 2.23. The highest BCUT2D eigenvalue weighted by molar-refractivity contribution is 5.93. The summed E-state index contributed by atoms with van der Waals surface area (Å²) in [6.07, 6.45) is 2.41. The van der Waals surface area contributed by atoms with Gasteiger partial charge in [0.25, 0.3) is 5.91 Å². The first-order valence-corrected chi connectivity index (χ1v) is 7.48. The molecule has 23 heavy (non-hydrogen) atoms. The molecule has 1 amide bonds. The van der Waals surface area contributed by atoms with Crippen LogP contribution in [0.2, 0.25) is 0 Å². The minimum Gasteiger partial charge on any atom is -0.481 e. The molecular weight excluding hydrogens is 294 g/mol. The van der Waals surface area contributed by atoms with Gasteiger partial charge < -0.3 is 15.0 Å². The molecule has 0 fully saturated rings. The molecule has 0 aliphatic carbocycles. The Morgan fingerprint density at radius 3 is 2.65 bits per heavy atom. The fourth-order valence-corrected chi connectivity index (χ4v) is 2.38. The van der Waals surface area contributed by atoms with Crippen LogP contribution in [0.1, 0.15) is 28.5 Å². The first-order valence-electron chi connectivity index (χ1n) is 7.48. The standard InChI is InChI=1S/C16H23N5O2/c1-6-13-12(16(23-5)21(4)19-13)10-18-14-8-7-11(9-17-14)15(22)20(2)3/h7-9H,6,10H2,1-5H3,(H,17,18). The molecule has 7 nitrogen and oxygen atoms in total. The maximum absolute atomic E-state index is 11.8. The van der Waals surface area contributed by atoms with Gasteiger partial charge in [0.05, 0.1) is 23.9 Å². The molecule has 0 unspecified atom stereocenters. The Balaban J connectivity index is 2.11. The Hall–Kier alpha value is -2.57. The molecule has 0 aliphatic heterocycles. The van der Waals surface area contributed by atoms with Crippen LogP contribution in [-0.2, 0) is 20.0 Å². The van der Waals surface area contributed by atoms with Gasteiger partial charge >= 0.3 is 0 Å². The number of carbonyl (C=O) groups excluding carboxylic acids is 1. The molecule has 0 spiro atoms. The Kier molecular flexibility index (Phi) is 5.20. The smallest absolute Gasteiger partial charge is 0.254 e. The molecule has 0 saturated heterocycles. The Bertz CT molecular complexity index is 677. The average Bonchev–Trinajstić information content (AvgIpc) is 2.87. The molecule has 2 aromatic heterocycles. The van der Waals surface area contributed by atoms with Crippen molar-refractivity contribution in [2.45, 2.75) is 19.9 Å². The summed E-state index contributed by atoms with van der Waals surface area (Å²) in [6, 6.07) is 3.56. The lowest BCUT2D eigenvalue weighted by Gasteiger charge is -2.11. The predicted molar refractivity (Wildman–Crippen MR) is 88.7 cm³/mol. The first kappa shape index (κ1) is 16.8. The molecule has 2 aromatic rings. The predicted octanol–water partition coefficient (Wildman–Crippen LogP) is 1.70. The maximum atomic E-state index is 11.8. The monoisotopic (exact) mass is 317 g/mol. The van der Waals surface area contributed by atoms with E-state index in [2.05, 4.69) is 22.3 Å². The number of hydrogen-bond acceptors (Lipinski definition) is 5. The summed E-state index contributed by atoms with van der Waals surface area (Å²) in [7, 11) is 6.94. The zero-order chi connectivity index (χ0) is 17.0. The fraction of sp³-hybridized carbons (Fsp3) is 0.438. The second kappa shape index (κ2) is 7.13. The van der Waals surface area contributed by atoms with Crippen LogP contribution in [0.4, 0.5) is 5.82 Å². The van der Waals surface area contributed by atoms with Crippen molar-refractivity contribution in [3.63, 3.8) is 0 Å². The van der Waals surface area contributed by atoms with E-state index in [4.69, 9.17) is 4.74 Å². The summed E-state index contributed by atoms with van der Waals surface area (Å²) in [5, 5.41) is 7.70. The number of carbonyl (C=O) groups is 1. The van der Waals surface area contributed by atoms with Gasteiger partial charge in [-0.2, -0.15) is 5.10 Å². The molecule has 0 radical (unpaired) electrons. The topological polar surface area (TPSA) is 72.3 Å². The van der Waals surface area contributed by atoms with E-state index in [9.17, 15) is 4.79 Å². The molecular formula is C16H23N5O2. The third kappa shape index (κ3) is 3.61. The lowest BCUT2D eigenvalue weighted by atomic mass is 10.2. The quantitative estimate of drug-likeness (QED) is 0.878. The van der Waals surface area contributed by atoms with Gasteiger partial charge in [0.1, 0.15) is 5.82 Å². The molecule has 0 aliphatic rings. The van der Waals surface area contributed by atoms with Crippen LogP contribution in [0.3, 0.4) is 0 Å². The summed E-state index contributed by atoms with van der Waals surface area (Å²) < 4.78 is 7.15. The van der Waals surface area contributed by atoms with E-state index in [0.29, 0.717) is 17.9 Å². The summed E-state index contributed by atoms with van der Waals surface area (Å²) >= 11 is 0. The van der Waals surface area contributed by atoms with Crippen molar-refractivity contribution < 1.29 is 9.53 Å². The molecule has 2 rings (SSSR count). The molecule has 1 N–H and O–H groups in total. The van der Waals surface area contributed by atoms with Gasteiger partial charge in [-0.25, -0.2) is 9.67 Å². The molecule has 0 bridgehead atoms. The zero-order valence-electron chi connectivity index (χ0n) is 14.3. The van der Waals surface area contributed by atoms with E-state index in [1.165, 1.54) is 4.90 Å². The van der Waals surface area contributed by atoms with Gasteiger partial charge in [-0.15, -0.1) is 0 Å². The highest BCUT2D eigenvalue weighted by Gasteiger charge is 2.15. The largest absolute Gasteiger partial charge is 0.481 e. The number of aromatic nitrogens is 3. The number of anilines is 1. The van der Waals surface area contributed by atoms with Crippen molar-refractivity contribution in [1.82, 2.24) is 19.7 Å². The Morgan fingerprint density at radius 1 is 1.39 bits per heavy atom. The second-order valence-corrected chi connectivity index (χ2v) is 5.40. The maximum Gasteiger partial charge on any atom is 0.254 e. The van der Waals surface area contributed by atoms with Crippen LogP contribution in [0.25, 0.3) is 0 Å². The van der Waals surface area contributed by atoms with Gasteiger partial charge in [0, 0.05) is 33.9 Å². The van der Waals surface area contributed by atoms with Crippen LogP contribution >= 0.6 is 0 Å². The van der Waals surface area contributed by atoms with Gasteiger partial charge in [0.15, 0.2) is 0 Å². The van der Waals surface area contributed by atoms with Gasteiger partial charge in [0.2, 0.25) is 5.88 Å². The summed E-state index contributed by atoms with van der Waals surface area (Å²) in [5.74, 6) is 1.38. The third-order valence-electron chi connectivity index (χ3n) is 3.56. The van der Waals surface area contributed by atoms with Gasteiger partial charge in [-0.05, 0) is 18.6 Å². The van der Waals surface area contributed by atoms with Crippen molar-refractivity contribution in [2.24, 2.45) is 7.05 Å². The van der Waals surface area contributed by atoms with Crippen LogP contribution in [-0.4, -0.2) is 46.8 Å². The molecule has 0 aromatic carbocycles. The Labute approximate surface area is 136 Å². The average molecular weight is 317 g/mol. The second-order valence-electron chi connectivity index (χ2n) is 5.40. The summed E-state index contributed by atoms with van der Waals surface area (Å²) in [6.45, 7) is 2.62. The first-order chi connectivity index (χ1) is 11.0. The molecule has 124 valence electrons. The minimum absolute atomic E-state index is 0.0637. The lowest BCUT2D eigenvalue weighted by molar-refractivity contribution is 0.0827. The van der Waals surface area contributed by atoms with Gasteiger partial charge in [-0.3, -0.25) is 4.79 Å². The zero-order valence-corrected chi connectivity index (χ0v) is 14.3. The SMILES string of the molecule is CCc1nn(C)c(OC)c1CNc1ccc(C(=O)N(C)C)cn1. The minimum atomic E-state index is -0.0637. The van der Waals surface area contributed by atoms with E-state index in [0.717, 1.165) is 23.6 Å². The van der Waals surface area contributed by atoms with E-state index in [1.54, 1.807) is 44.2 Å². The highest BCUT2D eigenvalue weighted by atomic mass is 16.5. The number of amides is 1. The van der Waals surface area contributed by atoms with E-state index < -0.39 is 0 Å². The van der Waals surface area contributed by atoms with Crippen LogP contribution in [0.15, 0.2) is 18.3 Å². The number of aryl methyl sites for hydroxylation is 2. The number of methoxy groups -OCH3 is 1. The van der Waals surface area contributed by atoms with Crippen molar-refractivity contribution in [3.05, 3.63) is 35.2 Å². The van der Waals surface area contributed by atoms with Crippen molar-refractivity contribution in [2.75, 3.05) is 26.5 Å². The number of rotatable bonds is 6. The number of ether oxygens (including phenoxy) is 1. The van der Waals surface area contributed by atoms with E-state index in [1.807, 2.05) is 7.05 Å². The normalized spacial score (nSPS) is 10.5. The van der Waals surface area contributed by atoms with E-state index in [-0.39, 0.29) is 5.91 Å². The molecule has 0 atom stereocenters. The fourth-order valence-electron chi connectivity index (χ4n) is 2.38. The van der Waals surface area contributed by atoms with Crippen molar-refractivity contribution in [3.8, 4) is 5.88 Å². The summed E-state index contributed by atoms with van der Waals surface area (Å²) in [5.41, 5.74) is 2.58. The van der Waals surface area contributed by atoms with Crippen LogP contribution in [0, 0.1) is 0 Å². The molecule has 0 saturated carbocycles. The number of hydrogen-bond donors (Lipinski definition) is 1. The Morgan fingerprint density at radius 2 is 2.13 bits per heavy atom. The van der Waals surface area contributed by atoms with Gasteiger partial charge in [-0.1, -0.05) is 6.92 Å². The summed E-state index contributed by atoms with van der Waals surface area (Å²) in [4.78, 5) is 17.7. The van der Waals surface area contributed by atoms with Crippen LogP contribution in [0.5, 0.6) is 5.88 Å².